The normalized spacial score (nSPS) is 13.7. The molecule has 0 saturated carbocycles. The smallest absolute Gasteiger partial charge is 0.0455 e. The molecule has 1 N–H and O–H groups in total. The quantitative estimate of drug-likeness (QED) is 0.731. The second-order valence-corrected chi connectivity index (χ2v) is 6.24. The van der Waals surface area contributed by atoms with Crippen LogP contribution in [0.3, 0.4) is 0 Å². The van der Waals surface area contributed by atoms with Gasteiger partial charge in [-0.15, -0.1) is 0 Å². The highest BCUT2D eigenvalue weighted by atomic mass is 35.5. The van der Waals surface area contributed by atoms with Crippen molar-refractivity contribution in [3.05, 3.63) is 33.8 Å². The fourth-order valence-corrected chi connectivity index (χ4v) is 2.44. The first-order valence-electron chi connectivity index (χ1n) is 6.60. The first kappa shape index (κ1) is 15.8. The SMILES string of the molecule is CCCNC(c1cc(Cl)ccc1Cl)C(C)(C)CC. The first-order valence-corrected chi connectivity index (χ1v) is 7.36. The monoisotopic (exact) mass is 287 g/mol. The molecule has 0 bridgehead atoms. The Balaban J connectivity index is 3.12. The Morgan fingerprint density at radius 1 is 1.22 bits per heavy atom. The molecular weight excluding hydrogens is 265 g/mol. The van der Waals surface area contributed by atoms with Crippen LogP contribution in [-0.4, -0.2) is 6.54 Å². The van der Waals surface area contributed by atoms with Crippen LogP contribution in [0.1, 0.15) is 52.1 Å². The molecular formula is C15H23Cl2N. The third-order valence-corrected chi connectivity index (χ3v) is 4.14. The third kappa shape index (κ3) is 3.88. The van der Waals surface area contributed by atoms with Gasteiger partial charge in [-0.1, -0.05) is 50.9 Å². The lowest BCUT2D eigenvalue weighted by Gasteiger charge is -2.35. The van der Waals surface area contributed by atoms with Crippen LogP contribution in [0.4, 0.5) is 0 Å². The van der Waals surface area contributed by atoms with Crippen molar-refractivity contribution in [2.75, 3.05) is 6.54 Å². The lowest BCUT2D eigenvalue weighted by Crippen LogP contribution is -2.34. The van der Waals surface area contributed by atoms with Crippen LogP contribution in [-0.2, 0) is 0 Å². The Hall–Kier alpha value is -0.240. The molecule has 1 nitrogen and oxygen atoms in total. The summed E-state index contributed by atoms with van der Waals surface area (Å²) in [7, 11) is 0. The summed E-state index contributed by atoms with van der Waals surface area (Å²) in [6.45, 7) is 9.88. The predicted octanol–water partition coefficient (Wildman–Crippen LogP) is 5.47. The van der Waals surface area contributed by atoms with E-state index in [0.717, 1.165) is 35.0 Å². The van der Waals surface area contributed by atoms with Crippen LogP contribution in [0, 0.1) is 5.41 Å². The summed E-state index contributed by atoms with van der Waals surface area (Å²) >= 11 is 12.4. The summed E-state index contributed by atoms with van der Waals surface area (Å²) in [6, 6.07) is 5.93. The van der Waals surface area contributed by atoms with E-state index in [2.05, 4.69) is 33.0 Å². The van der Waals surface area contributed by atoms with Gasteiger partial charge in [0.2, 0.25) is 0 Å². The van der Waals surface area contributed by atoms with Crippen molar-refractivity contribution in [2.24, 2.45) is 5.41 Å². The van der Waals surface area contributed by atoms with Crippen LogP contribution < -0.4 is 5.32 Å². The van der Waals surface area contributed by atoms with Gasteiger partial charge in [0.1, 0.15) is 0 Å². The summed E-state index contributed by atoms with van der Waals surface area (Å²) in [6.07, 6.45) is 2.19. The molecule has 102 valence electrons. The van der Waals surface area contributed by atoms with Crippen LogP contribution in [0.2, 0.25) is 10.0 Å². The molecule has 0 spiro atoms. The maximum absolute atomic E-state index is 6.33. The topological polar surface area (TPSA) is 12.0 Å². The summed E-state index contributed by atoms with van der Waals surface area (Å²) in [5.74, 6) is 0. The van der Waals surface area contributed by atoms with Crippen molar-refractivity contribution >= 4 is 23.2 Å². The van der Waals surface area contributed by atoms with Crippen LogP contribution in [0.15, 0.2) is 18.2 Å². The van der Waals surface area contributed by atoms with E-state index in [4.69, 9.17) is 23.2 Å². The van der Waals surface area contributed by atoms with E-state index in [1.165, 1.54) is 0 Å². The van der Waals surface area contributed by atoms with E-state index < -0.39 is 0 Å². The van der Waals surface area contributed by atoms with Crippen molar-refractivity contribution in [3.8, 4) is 0 Å². The zero-order chi connectivity index (χ0) is 13.8. The van der Waals surface area contributed by atoms with E-state index in [-0.39, 0.29) is 11.5 Å². The van der Waals surface area contributed by atoms with E-state index in [0.29, 0.717) is 0 Å². The average molecular weight is 288 g/mol. The maximum atomic E-state index is 6.33. The Morgan fingerprint density at radius 2 is 1.89 bits per heavy atom. The largest absolute Gasteiger partial charge is 0.309 e. The highest BCUT2D eigenvalue weighted by molar-refractivity contribution is 6.33. The number of rotatable bonds is 6. The molecule has 18 heavy (non-hydrogen) atoms. The standard InChI is InChI=1S/C15H23Cl2N/c1-5-9-18-14(15(3,4)6-2)12-10-11(16)7-8-13(12)17/h7-8,10,14,18H,5-6,9H2,1-4H3. The zero-order valence-electron chi connectivity index (χ0n) is 11.7. The van der Waals surface area contributed by atoms with Crippen LogP contribution in [0.25, 0.3) is 0 Å². The average Bonchev–Trinajstić information content (AvgIpc) is 2.33. The number of halogens is 2. The summed E-state index contributed by atoms with van der Waals surface area (Å²) < 4.78 is 0. The molecule has 1 unspecified atom stereocenters. The Labute approximate surface area is 121 Å². The van der Waals surface area contributed by atoms with E-state index in [1.807, 2.05) is 18.2 Å². The molecule has 1 atom stereocenters. The van der Waals surface area contributed by atoms with Gasteiger partial charge in [0.15, 0.2) is 0 Å². The van der Waals surface area contributed by atoms with Crippen LogP contribution >= 0.6 is 23.2 Å². The molecule has 0 fully saturated rings. The van der Waals surface area contributed by atoms with Gasteiger partial charge < -0.3 is 5.32 Å². The highest BCUT2D eigenvalue weighted by Gasteiger charge is 2.30. The molecule has 1 aromatic rings. The second-order valence-electron chi connectivity index (χ2n) is 5.40. The molecule has 1 aromatic carbocycles. The summed E-state index contributed by atoms with van der Waals surface area (Å²) in [4.78, 5) is 0. The van der Waals surface area contributed by atoms with Crippen molar-refractivity contribution in [3.63, 3.8) is 0 Å². The van der Waals surface area contributed by atoms with Gasteiger partial charge in [0.25, 0.3) is 0 Å². The van der Waals surface area contributed by atoms with Gasteiger partial charge in [0.05, 0.1) is 0 Å². The Bertz CT molecular complexity index is 388. The van der Waals surface area contributed by atoms with Gasteiger partial charge in [-0.25, -0.2) is 0 Å². The van der Waals surface area contributed by atoms with Crippen molar-refractivity contribution < 1.29 is 0 Å². The molecule has 1 rings (SSSR count). The van der Waals surface area contributed by atoms with Gasteiger partial charge in [-0.3, -0.25) is 0 Å². The summed E-state index contributed by atoms with van der Waals surface area (Å²) in [5.41, 5.74) is 1.24. The van der Waals surface area contributed by atoms with Crippen molar-refractivity contribution in [1.29, 1.82) is 0 Å². The van der Waals surface area contributed by atoms with Gasteiger partial charge >= 0.3 is 0 Å². The minimum absolute atomic E-state index is 0.142. The highest BCUT2D eigenvalue weighted by Crippen LogP contribution is 2.39. The third-order valence-electron chi connectivity index (χ3n) is 3.56. The molecule has 0 amide bonds. The number of nitrogens with one attached hydrogen (secondary N) is 1. The minimum atomic E-state index is 0.142. The fraction of sp³-hybridized carbons (Fsp3) is 0.600. The second kappa shape index (κ2) is 6.79. The Kier molecular flexibility index (Phi) is 5.97. The number of hydrogen-bond donors (Lipinski definition) is 1. The molecule has 0 saturated heterocycles. The summed E-state index contributed by atoms with van der Waals surface area (Å²) in [5, 5.41) is 5.13. The van der Waals surface area contributed by atoms with E-state index in [9.17, 15) is 0 Å². The molecule has 3 heteroatoms. The van der Waals surface area contributed by atoms with Crippen molar-refractivity contribution in [2.45, 2.75) is 46.6 Å². The molecule has 0 radical (unpaired) electrons. The molecule has 0 aliphatic rings. The van der Waals surface area contributed by atoms with Gasteiger partial charge in [0, 0.05) is 16.1 Å². The molecule has 0 aromatic heterocycles. The lowest BCUT2D eigenvalue weighted by atomic mass is 9.78. The fourth-order valence-electron chi connectivity index (χ4n) is 2.04. The van der Waals surface area contributed by atoms with Crippen LogP contribution in [0.5, 0.6) is 0 Å². The maximum Gasteiger partial charge on any atom is 0.0455 e. The molecule has 0 heterocycles. The van der Waals surface area contributed by atoms with E-state index >= 15 is 0 Å². The lowest BCUT2D eigenvalue weighted by molar-refractivity contribution is 0.235. The molecule has 0 aliphatic carbocycles. The number of benzene rings is 1. The van der Waals surface area contributed by atoms with Gasteiger partial charge in [-0.05, 0) is 48.6 Å². The molecule has 0 aliphatic heterocycles. The number of hydrogen-bond acceptors (Lipinski definition) is 1. The van der Waals surface area contributed by atoms with Gasteiger partial charge in [-0.2, -0.15) is 0 Å². The first-order chi connectivity index (χ1) is 8.42. The Morgan fingerprint density at radius 3 is 2.44 bits per heavy atom. The van der Waals surface area contributed by atoms with E-state index in [1.54, 1.807) is 0 Å². The minimum Gasteiger partial charge on any atom is -0.309 e. The van der Waals surface area contributed by atoms with Crippen molar-refractivity contribution in [1.82, 2.24) is 5.32 Å². The zero-order valence-corrected chi connectivity index (χ0v) is 13.2. The predicted molar refractivity (Wildman–Crippen MR) is 81.6 cm³/mol.